The van der Waals surface area contributed by atoms with Crippen molar-refractivity contribution >= 4 is 0 Å². The molecule has 0 saturated carbocycles. The molecular weight excluding hydrogens is 172 g/mol. The van der Waals surface area contributed by atoms with Gasteiger partial charge in [-0.25, -0.2) is 0 Å². The summed E-state index contributed by atoms with van der Waals surface area (Å²) in [6, 6.07) is 15.6. The lowest BCUT2D eigenvalue weighted by Crippen LogP contribution is -1.77. The van der Waals surface area contributed by atoms with Gasteiger partial charge in [0.15, 0.2) is 0 Å². The molecule has 0 radical (unpaired) electrons. The number of hydrogen-bond acceptors (Lipinski definition) is 1. The standard InChI is InChI=1S/C13H12O/c1-10-2-4-11(5-3-10)12-6-8-13(14)9-7-12/h2-9,14H,1H3. The van der Waals surface area contributed by atoms with E-state index in [1.807, 2.05) is 12.1 Å². The van der Waals surface area contributed by atoms with E-state index in [4.69, 9.17) is 5.11 Å². The van der Waals surface area contributed by atoms with Crippen LogP contribution in [0.1, 0.15) is 5.56 Å². The molecule has 0 atom stereocenters. The fourth-order valence-corrected chi connectivity index (χ4v) is 1.40. The number of phenols is 1. The molecule has 2 rings (SSSR count). The van der Waals surface area contributed by atoms with Crippen molar-refractivity contribution in [3.05, 3.63) is 54.1 Å². The molecule has 1 heteroatoms. The average Bonchev–Trinajstić information content (AvgIpc) is 2.21. The lowest BCUT2D eigenvalue weighted by atomic mass is 10.0. The molecule has 0 unspecified atom stereocenters. The molecule has 0 bridgehead atoms. The van der Waals surface area contributed by atoms with Gasteiger partial charge in [0.05, 0.1) is 0 Å². The Morgan fingerprint density at radius 3 is 1.64 bits per heavy atom. The lowest BCUT2D eigenvalue weighted by molar-refractivity contribution is 0.475. The zero-order chi connectivity index (χ0) is 9.97. The third-order valence-electron chi connectivity index (χ3n) is 2.25. The van der Waals surface area contributed by atoms with Gasteiger partial charge in [0.2, 0.25) is 0 Å². The zero-order valence-electron chi connectivity index (χ0n) is 8.07. The van der Waals surface area contributed by atoms with Gasteiger partial charge >= 0.3 is 0 Å². The topological polar surface area (TPSA) is 20.2 Å². The van der Waals surface area contributed by atoms with E-state index in [0.29, 0.717) is 5.75 Å². The summed E-state index contributed by atoms with van der Waals surface area (Å²) < 4.78 is 0. The van der Waals surface area contributed by atoms with Crippen molar-refractivity contribution in [2.24, 2.45) is 0 Å². The Bertz CT molecular complexity index is 368. The van der Waals surface area contributed by atoms with Crippen molar-refractivity contribution in [2.75, 3.05) is 0 Å². The third-order valence-corrected chi connectivity index (χ3v) is 2.25. The number of benzene rings is 2. The third kappa shape index (κ3) is 1.77. The number of aromatic hydroxyl groups is 1. The molecule has 0 heterocycles. The summed E-state index contributed by atoms with van der Waals surface area (Å²) in [5.41, 5.74) is 3.56. The van der Waals surface area contributed by atoms with Crippen LogP contribution in [0.5, 0.6) is 5.75 Å². The van der Waals surface area contributed by atoms with Gasteiger partial charge in [0, 0.05) is 0 Å². The second-order valence-corrected chi connectivity index (χ2v) is 3.41. The van der Waals surface area contributed by atoms with Crippen molar-refractivity contribution in [3.8, 4) is 16.9 Å². The van der Waals surface area contributed by atoms with E-state index in [1.165, 1.54) is 11.1 Å². The molecule has 2 aromatic rings. The highest BCUT2D eigenvalue weighted by Gasteiger charge is 1.96. The summed E-state index contributed by atoms with van der Waals surface area (Å²) in [6.45, 7) is 2.07. The molecule has 0 aliphatic carbocycles. The largest absolute Gasteiger partial charge is 0.508 e. The van der Waals surface area contributed by atoms with Crippen molar-refractivity contribution in [3.63, 3.8) is 0 Å². The van der Waals surface area contributed by atoms with Crippen molar-refractivity contribution in [2.45, 2.75) is 6.92 Å². The lowest BCUT2D eigenvalue weighted by Gasteiger charge is -2.01. The summed E-state index contributed by atoms with van der Waals surface area (Å²) in [7, 11) is 0. The van der Waals surface area contributed by atoms with E-state index in [-0.39, 0.29) is 0 Å². The molecular formula is C13H12O. The first kappa shape index (κ1) is 8.82. The highest BCUT2D eigenvalue weighted by Crippen LogP contribution is 2.21. The van der Waals surface area contributed by atoms with E-state index >= 15 is 0 Å². The molecule has 0 fully saturated rings. The first-order valence-corrected chi connectivity index (χ1v) is 4.62. The van der Waals surface area contributed by atoms with Crippen LogP contribution in [-0.4, -0.2) is 5.11 Å². The van der Waals surface area contributed by atoms with Crippen LogP contribution in [0.2, 0.25) is 0 Å². The SMILES string of the molecule is Cc1ccc(-c2ccc(O)cc2)cc1. The summed E-state index contributed by atoms with van der Waals surface area (Å²) in [5, 5.41) is 9.15. The van der Waals surface area contributed by atoms with E-state index in [1.54, 1.807) is 12.1 Å². The molecule has 14 heavy (non-hydrogen) atoms. The maximum Gasteiger partial charge on any atom is 0.115 e. The number of phenolic OH excluding ortho intramolecular Hbond substituents is 1. The Labute approximate surface area is 83.6 Å². The van der Waals surface area contributed by atoms with Crippen LogP contribution in [0, 0.1) is 6.92 Å². The fourth-order valence-electron chi connectivity index (χ4n) is 1.40. The first-order valence-electron chi connectivity index (χ1n) is 4.62. The van der Waals surface area contributed by atoms with Gasteiger partial charge in [-0.3, -0.25) is 0 Å². The van der Waals surface area contributed by atoms with E-state index in [2.05, 4.69) is 31.2 Å². The molecule has 1 nitrogen and oxygen atoms in total. The fraction of sp³-hybridized carbons (Fsp3) is 0.0769. The van der Waals surface area contributed by atoms with Gasteiger partial charge in [0.25, 0.3) is 0 Å². The monoisotopic (exact) mass is 184 g/mol. The number of hydrogen-bond donors (Lipinski definition) is 1. The highest BCUT2D eigenvalue weighted by atomic mass is 16.3. The van der Waals surface area contributed by atoms with Gasteiger partial charge in [-0.05, 0) is 30.2 Å². The van der Waals surface area contributed by atoms with Crippen LogP contribution in [0.25, 0.3) is 11.1 Å². The molecule has 1 N–H and O–H groups in total. The molecule has 2 aromatic carbocycles. The van der Waals surface area contributed by atoms with Gasteiger partial charge in [-0.1, -0.05) is 42.0 Å². The van der Waals surface area contributed by atoms with Gasteiger partial charge in [-0.15, -0.1) is 0 Å². The van der Waals surface area contributed by atoms with Crippen LogP contribution >= 0.6 is 0 Å². The Morgan fingerprint density at radius 2 is 1.14 bits per heavy atom. The molecule has 0 amide bonds. The van der Waals surface area contributed by atoms with Crippen molar-refractivity contribution < 1.29 is 5.11 Å². The van der Waals surface area contributed by atoms with Crippen LogP contribution < -0.4 is 0 Å². The molecule has 0 aromatic heterocycles. The molecule has 0 aliphatic heterocycles. The molecule has 0 aliphatic rings. The highest BCUT2D eigenvalue weighted by molar-refractivity contribution is 5.64. The molecule has 70 valence electrons. The van der Waals surface area contributed by atoms with Crippen LogP contribution in [-0.2, 0) is 0 Å². The van der Waals surface area contributed by atoms with E-state index in [9.17, 15) is 0 Å². The summed E-state index contributed by atoms with van der Waals surface area (Å²) in [6.07, 6.45) is 0. The zero-order valence-corrected chi connectivity index (χ0v) is 8.07. The molecule has 0 saturated heterocycles. The Hall–Kier alpha value is -1.76. The van der Waals surface area contributed by atoms with Crippen molar-refractivity contribution in [1.82, 2.24) is 0 Å². The molecule has 0 spiro atoms. The summed E-state index contributed by atoms with van der Waals surface area (Å²) >= 11 is 0. The Kier molecular flexibility index (Phi) is 2.23. The normalized spacial score (nSPS) is 10.1. The summed E-state index contributed by atoms with van der Waals surface area (Å²) in [4.78, 5) is 0. The maximum atomic E-state index is 9.15. The smallest absolute Gasteiger partial charge is 0.115 e. The Morgan fingerprint density at radius 1 is 0.714 bits per heavy atom. The predicted molar refractivity (Wildman–Crippen MR) is 58.3 cm³/mol. The van der Waals surface area contributed by atoms with E-state index < -0.39 is 0 Å². The predicted octanol–water partition coefficient (Wildman–Crippen LogP) is 3.37. The second kappa shape index (κ2) is 3.54. The number of rotatable bonds is 1. The minimum atomic E-state index is 0.306. The summed E-state index contributed by atoms with van der Waals surface area (Å²) in [5.74, 6) is 0.306. The van der Waals surface area contributed by atoms with Gasteiger partial charge < -0.3 is 5.11 Å². The second-order valence-electron chi connectivity index (χ2n) is 3.41. The van der Waals surface area contributed by atoms with Gasteiger partial charge in [0.1, 0.15) is 5.75 Å². The maximum absolute atomic E-state index is 9.15. The minimum absolute atomic E-state index is 0.306. The van der Waals surface area contributed by atoms with Gasteiger partial charge in [-0.2, -0.15) is 0 Å². The first-order chi connectivity index (χ1) is 6.75. The van der Waals surface area contributed by atoms with Crippen LogP contribution in [0.4, 0.5) is 0 Å². The van der Waals surface area contributed by atoms with E-state index in [0.717, 1.165) is 5.56 Å². The van der Waals surface area contributed by atoms with Crippen molar-refractivity contribution in [1.29, 1.82) is 0 Å². The van der Waals surface area contributed by atoms with Crippen LogP contribution in [0.15, 0.2) is 48.5 Å². The Balaban J connectivity index is 2.40. The average molecular weight is 184 g/mol. The van der Waals surface area contributed by atoms with Crippen LogP contribution in [0.3, 0.4) is 0 Å². The minimum Gasteiger partial charge on any atom is -0.508 e. The quantitative estimate of drug-likeness (QED) is 0.720. The number of aryl methyl sites for hydroxylation is 1.